The van der Waals surface area contributed by atoms with E-state index in [1.807, 2.05) is 24.3 Å². The fraction of sp³-hybridized carbons (Fsp3) is 0.0909. The lowest BCUT2D eigenvalue weighted by Crippen LogP contribution is -2.08. The molecule has 0 spiro atoms. The molecule has 0 unspecified atom stereocenters. The number of benzene rings is 1. The molecule has 0 radical (unpaired) electrons. The summed E-state index contributed by atoms with van der Waals surface area (Å²) in [5, 5.41) is 1.10. The number of carbonyl (C=O) groups excluding carboxylic acids is 1. The number of rotatable bonds is 0. The van der Waals surface area contributed by atoms with Crippen LogP contribution in [-0.4, -0.2) is 16.7 Å². The SMILES string of the molecule is O=C1C=NCc2cccc3ccn1c23. The molecule has 0 fully saturated rings. The smallest absolute Gasteiger partial charge is 0.273 e. The molecule has 3 nitrogen and oxygen atoms in total. The van der Waals surface area contributed by atoms with E-state index in [1.54, 1.807) is 10.8 Å². The van der Waals surface area contributed by atoms with Gasteiger partial charge in [0, 0.05) is 11.6 Å². The molecule has 2 aromatic rings. The molecule has 3 rings (SSSR count). The lowest BCUT2D eigenvalue weighted by molar-refractivity contribution is 0.100. The highest BCUT2D eigenvalue weighted by molar-refractivity contribution is 6.29. The second-order valence-corrected chi connectivity index (χ2v) is 3.35. The number of aliphatic imine (C=N–C) groups is 1. The Labute approximate surface area is 80.7 Å². The van der Waals surface area contributed by atoms with Gasteiger partial charge in [-0.15, -0.1) is 0 Å². The van der Waals surface area contributed by atoms with Crippen molar-refractivity contribution in [2.24, 2.45) is 4.99 Å². The number of para-hydroxylation sites is 1. The summed E-state index contributed by atoms with van der Waals surface area (Å²) >= 11 is 0. The standard InChI is InChI=1S/C11H8N2O/c14-10-7-12-6-9-3-1-2-8-4-5-13(10)11(8)9/h1-5,7H,6H2. The van der Waals surface area contributed by atoms with Gasteiger partial charge >= 0.3 is 0 Å². The van der Waals surface area contributed by atoms with Crippen molar-refractivity contribution in [3.8, 4) is 0 Å². The molecular weight excluding hydrogens is 176 g/mol. The number of hydrogen-bond acceptors (Lipinski definition) is 2. The fourth-order valence-corrected chi connectivity index (χ4v) is 1.86. The van der Waals surface area contributed by atoms with Gasteiger partial charge in [-0.05, 0) is 11.6 Å². The minimum atomic E-state index is -0.0649. The fourth-order valence-electron chi connectivity index (χ4n) is 1.86. The molecule has 0 atom stereocenters. The van der Waals surface area contributed by atoms with Crippen LogP contribution >= 0.6 is 0 Å². The first-order valence-corrected chi connectivity index (χ1v) is 4.49. The molecule has 0 aliphatic carbocycles. The zero-order valence-electron chi connectivity index (χ0n) is 7.47. The van der Waals surface area contributed by atoms with Crippen LogP contribution in [0.4, 0.5) is 0 Å². The molecular formula is C11H8N2O. The number of carbonyl (C=O) groups is 1. The summed E-state index contributed by atoms with van der Waals surface area (Å²) in [6.07, 6.45) is 3.19. The highest BCUT2D eigenvalue weighted by atomic mass is 16.2. The van der Waals surface area contributed by atoms with Crippen molar-refractivity contribution in [2.75, 3.05) is 0 Å². The van der Waals surface area contributed by atoms with Crippen LogP contribution in [0, 0.1) is 0 Å². The van der Waals surface area contributed by atoms with Gasteiger partial charge in [0.15, 0.2) is 0 Å². The molecule has 0 saturated carbocycles. The molecule has 1 aromatic carbocycles. The van der Waals surface area contributed by atoms with Gasteiger partial charge in [0.05, 0.1) is 18.3 Å². The predicted molar refractivity (Wildman–Crippen MR) is 54.8 cm³/mol. The Balaban J connectivity index is 2.49. The van der Waals surface area contributed by atoms with Crippen molar-refractivity contribution in [3.63, 3.8) is 0 Å². The zero-order valence-corrected chi connectivity index (χ0v) is 7.47. The van der Waals surface area contributed by atoms with Crippen LogP contribution < -0.4 is 0 Å². The van der Waals surface area contributed by atoms with Crippen molar-refractivity contribution in [1.29, 1.82) is 0 Å². The second kappa shape index (κ2) is 2.54. The number of nitrogens with zero attached hydrogens (tertiary/aromatic N) is 2. The highest BCUT2D eigenvalue weighted by Crippen LogP contribution is 2.22. The van der Waals surface area contributed by atoms with Crippen LogP contribution in [0.15, 0.2) is 35.5 Å². The van der Waals surface area contributed by atoms with Crippen LogP contribution in [0.1, 0.15) is 10.4 Å². The summed E-state index contributed by atoms with van der Waals surface area (Å²) in [4.78, 5) is 15.6. The van der Waals surface area contributed by atoms with Gasteiger partial charge in [-0.2, -0.15) is 0 Å². The molecule has 2 heterocycles. The number of hydrogen-bond donors (Lipinski definition) is 0. The third kappa shape index (κ3) is 0.865. The molecule has 3 heteroatoms. The summed E-state index contributed by atoms with van der Waals surface area (Å²) in [5.41, 5.74) is 2.10. The van der Waals surface area contributed by atoms with Crippen molar-refractivity contribution in [2.45, 2.75) is 6.54 Å². The van der Waals surface area contributed by atoms with Crippen molar-refractivity contribution in [1.82, 2.24) is 4.57 Å². The third-order valence-corrected chi connectivity index (χ3v) is 2.50. The Morgan fingerprint density at radius 2 is 2.21 bits per heavy atom. The first-order chi connectivity index (χ1) is 6.86. The molecule has 14 heavy (non-hydrogen) atoms. The third-order valence-electron chi connectivity index (χ3n) is 2.50. The van der Waals surface area contributed by atoms with Crippen molar-refractivity contribution >= 4 is 23.0 Å². The normalized spacial score (nSPS) is 14.7. The van der Waals surface area contributed by atoms with Gasteiger partial charge in [0.1, 0.15) is 0 Å². The van der Waals surface area contributed by atoms with Gasteiger partial charge in [0.2, 0.25) is 0 Å². The minimum Gasteiger partial charge on any atom is -0.283 e. The van der Waals surface area contributed by atoms with E-state index < -0.39 is 0 Å². The van der Waals surface area contributed by atoms with E-state index in [9.17, 15) is 4.79 Å². The van der Waals surface area contributed by atoms with Gasteiger partial charge in [-0.25, -0.2) is 0 Å². The minimum absolute atomic E-state index is 0.0649. The molecule has 0 N–H and O–H groups in total. The molecule has 0 amide bonds. The first kappa shape index (κ1) is 7.50. The van der Waals surface area contributed by atoms with Crippen molar-refractivity contribution < 1.29 is 4.79 Å². The van der Waals surface area contributed by atoms with Gasteiger partial charge in [-0.1, -0.05) is 18.2 Å². The average molecular weight is 184 g/mol. The summed E-state index contributed by atoms with van der Waals surface area (Å²) in [7, 11) is 0. The monoisotopic (exact) mass is 184 g/mol. The van der Waals surface area contributed by atoms with E-state index in [4.69, 9.17) is 0 Å². The van der Waals surface area contributed by atoms with Crippen LogP contribution in [0.2, 0.25) is 0 Å². The highest BCUT2D eigenvalue weighted by Gasteiger charge is 2.12. The maximum Gasteiger partial charge on any atom is 0.273 e. The lowest BCUT2D eigenvalue weighted by atomic mass is 10.1. The second-order valence-electron chi connectivity index (χ2n) is 3.35. The maximum absolute atomic E-state index is 11.6. The first-order valence-electron chi connectivity index (χ1n) is 4.49. The zero-order chi connectivity index (χ0) is 9.54. The Hall–Kier alpha value is -1.90. The topological polar surface area (TPSA) is 34.4 Å². The maximum atomic E-state index is 11.6. The molecule has 68 valence electrons. The molecule has 1 aromatic heterocycles. The van der Waals surface area contributed by atoms with E-state index in [-0.39, 0.29) is 5.91 Å². The predicted octanol–water partition coefficient (Wildman–Crippen LogP) is 1.87. The van der Waals surface area contributed by atoms with Gasteiger partial charge in [0.25, 0.3) is 5.91 Å². The Morgan fingerprint density at radius 1 is 1.29 bits per heavy atom. The van der Waals surface area contributed by atoms with E-state index in [0.717, 1.165) is 16.5 Å². The Morgan fingerprint density at radius 3 is 3.14 bits per heavy atom. The summed E-state index contributed by atoms with van der Waals surface area (Å²) in [6, 6.07) is 7.96. The van der Waals surface area contributed by atoms with Crippen LogP contribution in [0.25, 0.3) is 10.9 Å². The van der Waals surface area contributed by atoms with Gasteiger partial charge in [-0.3, -0.25) is 14.4 Å². The van der Waals surface area contributed by atoms with Gasteiger partial charge < -0.3 is 0 Å². The molecule has 1 aliphatic rings. The summed E-state index contributed by atoms with van der Waals surface area (Å²) in [6.45, 7) is 0.590. The van der Waals surface area contributed by atoms with E-state index in [0.29, 0.717) is 6.54 Å². The molecule has 0 bridgehead atoms. The van der Waals surface area contributed by atoms with Crippen LogP contribution in [0.3, 0.4) is 0 Å². The van der Waals surface area contributed by atoms with E-state index in [1.165, 1.54) is 6.21 Å². The van der Waals surface area contributed by atoms with E-state index >= 15 is 0 Å². The average Bonchev–Trinajstić information content (AvgIpc) is 2.54. The molecule has 0 saturated heterocycles. The summed E-state index contributed by atoms with van der Waals surface area (Å²) in [5.74, 6) is -0.0649. The van der Waals surface area contributed by atoms with Crippen LogP contribution in [0.5, 0.6) is 0 Å². The van der Waals surface area contributed by atoms with Crippen LogP contribution in [-0.2, 0) is 6.54 Å². The largest absolute Gasteiger partial charge is 0.283 e. The Kier molecular flexibility index (Phi) is 1.36. The number of aromatic nitrogens is 1. The molecule has 1 aliphatic heterocycles. The Bertz CT molecular complexity index is 551. The van der Waals surface area contributed by atoms with E-state index in [2.05, 4.69) is 4.99 Å². The quantitative estimate of drug-likeness (QED) is 0.615. The summed E-state index contributed by atoms with van der Waals surface area (Å²) < 4.78 is 1.65. The lowest BCUT2D eigenvalue weighted by Gasteiger charge is -2.00. The van der Waals surface area contributed by atoms with Crippen molar-refractivity contribution in [3.05, 3.63) is 36.0 Å².